The van der Waals surface area contributed by atoms with Crippen molar-refractivity contribution in [3.8, 4) is 22.1 Å². The largest absolute Gasteiger partial charge is 0.454 e. The summed E-state index contributed by atoms with van der Waals surface area (Å²) < 4.78 is 63.9. The third kappa shape index (κ3) is 5.89. The topological polar surface area (TPSA) is 106 Å². The van der Waals surface area contributed by atoms with E-state index in [1.807, 2.05) is 0 Å². The summed E-state index contributed by atoms with van der Waals surface area (Å²) in [5.41, 5.74) is 5.08. The van der Waals surface area contributed by atoms with Gasteiger partial charge in [-0.25, -0.2) is 9.37 Å². The van der Waals surface area contributed by atoms with E-state index in [9.17, 15) is 22.4 Å². The zero-order chi connectivity index (χ0) is 28.3. The molecular weight excluding hydrogens is 548 g/mol. The van der Waals surface area contributed by atoms with Gasteiger partial charge in [0.25, 0.3) is 5.91 Å². The van der Waals surface area contributed by atoms with Crippen LogP contribution in [0.3, 0.4) is 0 Å². The lowest BCUT2D eigenvalue weighted by molar-refractivity contribution is -0.138. The summed E-state index contributed by atoms with van der Waals surface area (Å²) in [6.45, 7) is 0.861. The normalized spacial score (nSPS) is 15.6. The molecule has 3 N–H and O–H groups in total. The minimum absolute atomic E-state index is 0.0292. The number of piperidine rings is 1. The number of nitrogens with zero attached hydrogens (tertiary/aromatic N) is 4. The standard InChI is InChI=1S/C27H24F4N6O2S/c28-18-5-1-2-6-21(18)39-22-8-7-19(24(23(22)27(29,30)31)37-11-3-4-16(12-32)14-37)35-25(38)20-15-40-26(36-20)17-9-10-33-34-13-17/h1-2,5-10,13,15-16H,3-4,11-12,14,32H2,(H,35,38)/t16-/m0/s1. The minimum Gasteiger partial charge on any atom is -0.454 e. The fourth-order valence-electron chi connectivity index (χ4n) is 4.58. The van der Waals surface area contributed by atoms with Crippen molar-refractivity contribution in [1.29, 1.82) is 0 Å². The van der Waals surface area contributed by atoms with Crippen molar-refractivity contribution >= 4 is 28.6 Å². The number of nitrogens with two attached hydrogens (primary N) is 1. The number of aromatic nitrogens is 3. The van der Waals surface area contributed by atoms with E-state index in [2.05, 4.69) is 20.5 Å². The highest BCUT2D eigenvalue weighted by Crippen LogP contribution is 2.48. The predicted molar refractivity (Wildman–Crippen MR) is 143 cm³/mol. The number of alkyl halides is 3. The van der Waals surface area contributed by atoms with Crippen molar-refractivity contribution in [3.63, 3.8) is 0 Å². The van der Waals surface area contributed by atoms with E-state index in [0.717, 1.165) is 18.6 Å². The molecule has 0 unspecified atom stereocenters. The average Bonchev–Trinajstić information content (AvgIpc) is 3.45. The molecular formula is C27H24F4N6O2S. The molecule has 3 heterocycles. The van der Waals surface area contributed by atoms with Gasteiger partial charge in [-0.05, 0) is 55.6 Å². The number of carbonyl (C=O) groups excluding carboxylic acids is 1. The second-order valence-corrected chi connectivity index (χ2v) is 10.0. The van der Waals surface area contributed by atoms with E-state index < -0.39 is 29.2 Å². The van der Waals surface area contributed by atoms with Crippen molar-refractivity contribution in [2.45, 2.75) is 19.0 Å². The molecule has 0 bridgehead atoms. The first-order valence-electron chi connectivity index (χ1n) is 12.4. The Kier molecular flexibility index (Phi) is 7.94. The van der Waals surface area contributed by atoms with E-state index >= 15 is 0 Å². The summed E-state index contributed by atoms with van der Waals surface area (Å²) >= 11 is 1.19. The highest BCUT2D eigenvalue weighted by atomic mass is 32.1. The number of hydrogen-bond donors (Lipinski definition) is 2. The summed E-state index contributed by atoms with van der Waals surface area (Å²) in [5, 5.41) is 12.1. The average molecular weight is 573 g/mol. The van der Waals surface area contributed by atoms with E-state index in [1.165, 1.54) is 53.4 Å². The Balaban J connectivity index is 1.56. The molecule has 4 aromatic rings. The van der Waals surface area contributed by atoms with Crippen LogP contribution < -0.4 is 20.7 Å². The van der Waals surface area contributed by atoms with Gasteiger partial charge in [-0.1, -0.05) is 12.1 Å². The molecule has 1 amide bonds. The van der Waals surface area contributed by atoms with Crippen LogP contribution in [0.25, 0.3) is 10.6 Å². The second-order valence-electron chi connectivity index (χ2n) is 9.18. The zero-order valence-electron chi connectivity index (χ0n) is 21.0. The molecule has 5 rings (SSSR count). The van der Waals surface area contributed by atoms with Crippen LogP contribution in [-0.4, -0.2) is 40.7 Å². The number of nitrogens with one attached hydrogen (secondary N) is 1. The number of amides is 1. The number of hydrogen-bond acceptors (Lipinski definition) is 8. The first kappa shape index (κ1) is 27.5. The molecule has 40 heavy (non-hydrogen) atoms. The van der Waals surface area contributed by atoms with Crippen LogP contribution in [0.5, 0.6) is 11.5 Å². The molecule has 1 saturated heterocycles. The predicted octanol–water partition coefficient (Wildman–Crippen LogP) is 5.98. The van der Waals surface area contributed by atoms with Crippen LogP contribution >= 0.6 is 11.3 Å². The molecule has 208 valence electrons. The summed E-state index contributed by atoms with van der Waals surface area (Å²) in [4.78, 5) is 19.1. The number of para-hydroxylation sites is 1. The first-order valence-corrected chi connectivity index (χ1v) is 13.3. The summed E-state index contributed by atoms with van der Waals surface area (Å²) in [7, 11) is 0. The van der Waals surface area contributed by atoms with Gasteiger partial charge in [0.15, 0.2) is 11.6 Å². The van der Waals surface area contributed by atoms with Crippen LogP contribution in [-0.2, 0) is 6.18 Å². The van der Waals surface area contributed by atoms with Gasteiger partial charge in [-0.3, -0.25) is 4.79 Å². The van der Waals surface area contributed by atoms with Crippen LogP contribution in [0.1, 0.15) is 28.9 Å². The zero-order valence-corrected chi connectivity index (χ0v) is 21.8. The van der Waals surface area contributed by atoms with Crippen molar-refractivity contribution in [2.75, 3.05) is 29.9 Å². The summed E-state index contributed by atoms with van der Waals surface area (Å²) in [6.07, 6.45) is -0.534. The molecule has 0 spiro atoms. The number of halogens is 4. The molecule has 1 aliphatic rings. The Morgan fingerprint density at radius 2 is 1.98 bits per heavy atom. The molecule has 0 saturated carbocycles. The van der Waals surface area contributed by atoms with E-state index in [0.29, 0.717) is 30.1 Å². The SMILES string of the molecule is NC[C@@H]1CCCN(c2c(NC(=O)c3csc(-c4ccnnc4)n3)ccc(Oc3ccccc3F)c2C(F)(F)F)C1. The number of thiazole rings is 1. The summed E-state index contributed by atoms with van der Waals surface area (Å²) in [5.74, 6) is -2.46. The van der Waals surface area contributed by atoms with Gasteiger partial charge in [0.1, 0.15) is 22.0 Å². The minimum atomic E-state index is -4.89. The molecule has 1 aliphatic heterocycles. The number of carbonyl (C=O) groups is 1. The fraction of sp³-hybridized carbons (Fsp3) is 0.259. The lowest BCUT2D eigenvalue weighted by Gasteiger charge is -2.37. The Morgan fingerprint density at radius 1 is 1.15 bits per heavy atom. The summed E-state index contributed by atoms with van der Waals surface area (Å²) in [6, 6.07) is 9.29. The van der Waals surface area contributed by atoms with E-state index in [-0.39, 0.29) is 35.3 Å². The molecule has 0 aliphatic carbocycles. The van der Waals surface area contributed by atoms with E-state index in [1.54, 1.807) is 11.0 Å². The third-order valence-electron chi connectivity index (χ3n) is 6.46. The van der Waals surface area contributed by atoms with Crippen molar-refractivity contribution in [3.05, 3.63) is 77.3 Å². The monoisotopic (exact) mass is 572 g/mol. The molecule has 2 aromatic carbocycles. The quantitative estimate of drug-likeness (QED) is 0.263. The maximum absolute atomic E-state index is 14.7. The third-order valence-corrected chi connectivity index (χ3v) is 7.36. The maximum Gasteiger partial charge on any atom is 0.422 e. The Labute approximate surface area is 230 Å². The van der Waals surface area contributed by atoms with Gasteiger partial charge in [0.2, 0.25) is 0 Å². The van der Waals surface area contributed by atoms with Crippen molar-refractivity contribution in [1.82, 2.24) is 15.2 Å². The van der Waals surface area contributed by atoms with Crippen LogP contribution in [0.2, 0.25) is 0 Å². The molecule has 13 heteroatoms. The second kappa shape index (κ2) is 11.6. The highest BCUT2D eigenvalue weighted by molar-refractivity contribution is 7.13. The molecule has 8 nitrogen and oxygen atoms in total. The van der Waals surface area contributed by atoms with Crippen LogP contribution in [0.15, 0.2) is 60.2 Å². The Bertz CT molecular complexity index is 1500. The van der Waals surface area contributed by atoms with Crippen LogP contribution in [0.4, 0.5) is 28.9 Å². The number of anilines is 2. The fourth-order valence-corrected chi connectivity index (χ4v) is 5.37. The highest BCUT2D eigenvalue weighted by Gasteiger charge is 2.41. The van der Waals surface area contributed by atoms with Gasteiger partial charge >= 0.3 is 6.18 Å². The van der Waals surface area contributed by atoms with Crippen molar-refractivity contribution in [2.24, 2.45) is 11.7 Å². The van der Waals surface area contributed by atoms with Gasteiger partial charge in [-0.2, -0.15) is 23.4 Å². The lowest BCUT2D eigenvalue weighted by Crippen LogP contribution is -2.40. The first-order chi connectivity index (χ1) is 19.2. The van der Waals surface area contributed by atoms with Gasteiger partial charge in [0.05, 0.1) is 23.8 Å². The van der Waals surface area contributed by atoms with Gasteiger partial charge < -0.3 is 20.7 Å². The van der Waals surface area contributed by atoms with Gasteiger partial charge in [-0.15, -0.1) is 11.3 Å². The van der Waals surface area contributed by atoms with Gasteiger partial charge in [0, 0.05) is 24.0 Å². The maximum atomic E-state index is 14.7. The number of benzene rings is 2. The molecule has 0 radical (unpaired) electrons. The number of ether oxygens (including phenoxy) is 1. The lowest BCUT2D eigenvalue weighted by atomic mass is 9.96. The Hall–Kier alpha value is -4.10. The smallest absolute Gasteiger partial charge is 0.422 e. The van der Waals surface area contributed by atoms with Crippen LogP contribution in [0, 0.1) is 11.7 Å². The van der Waals surface area contributed by atoms with E-state index in [4.69, 9.17) is 10.5 Å². The molecule has 1 fully saturated rings. The molecule has 1 atom stereocenters. The van der Waals surface area contributed by atoms with Crippen molar-refractivity contribution < 1.29 is 27.1 Å². The molecule has 2 aromatic heterocycles. The Morgan fingerprint density at radius 3 is 2.70 bits per heavy atom. The number of rotatable bonds is 7.